The third kappa shape index (κ3) is 4.11. The molecule has 3 aliphatic rings. The molecule has 0 heterocycles. The third-order valence-corrected chi connectivity index (χ3v) is 5.27. The monoisotopic (exact) mass is 332 g/mol. The predicted octanol–water partition coefficient (Wildman–Crippen LogP) is 4.76. The quantitative estimate of drug-likeness (QED) is 0.712. The minimum absolute atomic E-state index is 0.0445. The van der Waals surface area contributed by atoms with Gasteiger partial charge in [-0.25, -0.2) is 0 Å². The van der Waals surface area contributed by atoms with Crippen LogP contribution >= 0.6 is 0 Å². The summed E-state index contributed by atoms with van der Waals surface area (Å²) in [4.78, 5) is 9.00. The molecule has 1 saturated carbocycles. The zero-order valence-corrected chi connectivity index (χ0v) is 14.6. The highest BCUT2D eigenvalue weighted by atomic mass is 16.5. The first-order chi connectivity index (χ1) is 11.3. The molecule has 3 unspecified atom stereocenters. The van der Waals surface area contributed by atoms with Crippen molar-refractivity contribution in [3.05, 3.63) is 48.5 Å². The van der Waals surface area contributed by atoms with Gasteiger partial charge >= 0.3 is 0 Å². The number of ether oxygens (including phenoxy) is 1. The van der Waals surface area contributed by atoms with Gasteiger partial charge in [0.25, 0.3) is 5.97 Å². The van der Waals surface area contributed by atoms with Crippen LogP contribution in [-0.2, 0) is 9.53 Å². The van der Waals surface area contributed by atoms with Gasteiger partial charge in [-0.1, -0.05) is 18.2 Å². The second-order valence-corrected chi connectivity index (χ2v) is 7.28. The van der Waals surface area contributed by atoms with Gasteiger partial charge in [-0.2, -0.15) is 0 Å². The molecule has 0 aromatic heterocycles. The Morgan fingerprint density at radius 2 is 2.25 bits per heavy atom. The Bertz CT molecular complexity index is 582. The molecule has 3 atom stereocenters. The number of hydrogen-bond acceptors (Lipinski definition) is 3. The zero-order valence-electron chi connectivity index (χ0n) is 14.6. The molecule has 4 nitrogen and oxygen atoms in total. The fourth-order valence-electron chi connectivity index (χ4n) is 4.38. The van der Waals surface area contributed by atoms with E-state index in [0.29, 0.717) is 11.2 Å². The second-order valence-electron chi connectivity index (χ2n) is 7.28. The number of fused-ring (bicyclic) bond motifs is 2. The third-order valence-electron chi connectivity index (χ3n) is 5.27. The summed E-state index contributed by atoms with van der Waals surface area (Å²) in [6, 6.07) is 0. The van der Waals surface area contributed by atoms with E-state index in [1.165, 1.54) is 19.3 Å². The van der Waals surface area contributed by atoms with Crippen LogP contribution in [0.15, 0.2) is 48.5 Å². The zero-order chi connectivity index (χ0) is 17.8. The lowest BCUT2D eigenvalue weighted by atomic mass is 9.66. The molecule has 0 aliphatic heterocycles. The molecule has 0 radical (unpaired) electrons. The van der Waals surface area contributed by atoms with Gasteiger partial charge in [0.15, 0.2) is 11.5 Å². The van der Waals surface area contributed by atoms with Crippen LogP contribution in [-0.4, -0.2) is 23.3 Å². The smallest absolute Gasteiger partial charge is 0.300 e. The van der Waals surface area contributed by atoms with Crippen molar-refractivity contribution in [1.29, 1.82) is 0 Å². The lowest BCUT2D eigenvalue weighted by Gasteiger charge is -2.39. The van der Waals surface area contributed by atoms with E-state index in [4.69, 9.17) is 14.6 Å². The van der Waals surface area contributed by atoms with Gasteiger partial charge in [-0.15, -0.1) is 6.58 Å². The van der Waals surface area contributed by atoms with Gasteiger partial charge in [-0.3, -0.25) is 4.79 Å². The van der Waals surface area contributed by atoms with Crippen LogP contribution in [0.3, 0.4) is 0 Å². The molecule has 1 fully saturated rings. The Morgan fingerprint density at radius 1 is 1.54 bits per heavy atom. The highest BCUT2D eigenvalue weighted by Crippen LogP contribution is 2.57. The highest BCUT2D eigenvalue weighted by Gasteiger charge is 2.46. The number of methoxy groups -OCH3 is 1. The summed E-state index contributed by atoms with van der Waals surface area (Å²) in [5.74, 6) is 0.858. The van der Waals surface area contributed by atoms with Gasteiger partial charge in [0.2, 0.25) is 0 Å². The number of aliphatic hydroxyl groups is 1. The van der Waals surface area contributed by atoms with Gasteiger partial charge < -0.3 is 14.9 Å². The Kier molecular flexibility index (Phi) is 5.58. The van der Waals surface area contributed by atoms with Crippen molar-refractivity contribution in [2.45, 2.75) is 45.4 Å². The molecule has 0 spiro atoms. The summed E-state index contributed by atoms with van der Waals surface area (Å²) >= 11 is 0. The van der Waals surface area contributed by atoms with Crippen LogP contribution in [0.1, 0.15) is 45.4 Å². The van der Waals surface area contributed by atoms with Gasteiger partial charge in [0.1, 0.15) is 0 Å². The van der Waals surface area contributed by atoms with E-state index in [1.807, 2.05) is 12.2 Å². The number of allylic oxidation sites excluding steroid dienone is 5. The van der Waals surface area contributed by atoms with Crippen molar-refractivity contribution in [2.24, 2.45) is 16.7 Å². The number of carboxylic acids is 1. The highest BCUT2D eigenvalue weighted by molar-refractivity contribution is 5.62. The van der Waals surface area contributed by atoms with Crippen molar-refractivity contribution in [3.8, 4) is 0 Å². The number of aliphatic carboxylic acids is 1. The number of rotatable bonds is 5. The number of aliphatic hydroxyl groups excluding tert-OH is 1. The van der Waals surface area contributed by atoms with Crippen LogP contribution in [0, 0.1) is 16.7 Å². The van der Waals surface area contributed by atoms with Gasteiger partial charge in [-0.05, 0) is 62.0 Å². The molecule has 24 heavy (non-hydrogen) atoms. The Morgan fingerprint density at radius 3 is 2.71 bits per heavy atom. The molecular weight excluding hydrogens is 304 g/mol. The van der Waals surface area contributed by atoms with Gasteiger partial charge in [0, 0.05) is 12.3 Å². The topological polar surface area (TPSA) is 66.8 Å². The summed E-state index contributed by atoms with van der Waals surface area (Å²) in [6.45, 7) is 5.02. The average Bonchev–Trinajstić information content (AvgIpc) is 3.09. The second kappa shape index (κ2) is 7.29. The minimum atomic E-state index is -0.833. The first-order valence-corrected chi connectivity index (χ1v) is 8.50. The van der Waals surface area contributed by atoms with Crippen LogP contribution in [0.25, 0.3) is 0 Å². The van der Waals surface area contributed by atoms with Crippen LogP contribution < -0.4 is 0 Å². The first kappa shape index (κ1) is 18.4. The maximum Gasteiger partial charge on any atom is 0.300 e. The Hall–Kier alpha value is -1.97. The van der Waals surface area contributed by atoms with Crippen LogP contribution in [0.4, 0.5) is 0 Å². The first-order valence-electron chi connectivity index (χ1n) is 8.50. The van der Waals surface area contributed by atoms with E-state index in [2.05, 4.69) is 24.8 Å². The molecule has 4 heteroatoms. The van der Waals surface area contributed by atoms with E-state index >= 15 is 0 Å². The summed E-state index contributed by atoms with van der Waals surface area (Å²) < 4.78 is 5.34. The molecule has 2 N–H and O–H groups in total. The number of hydrogen-bond donors (Lipinski definition) is 2. The van der Waals surface area contributed by atoms with E-state index < -0.39 is 5.97 Å². The van der Waals surface area contributed by atoms with Crippen molar-refractivity contribution < 1.29 is 19.7 Å². The van der Waals surface area contributed by atoms with Crippen molar-refractivity contribution in [2.75, 3.05) is 7.11 Å². The predicted molar refractivity (Wildman–Crippen MR) is 94.5 cm³/mol. The summed E-state index contributed by atoms with van der Waals surface area (Å²) in [6.07, 6.45) is 17.8. The van der Waals surface area contributed by atoms with Crippen molar-refractivity contribution >= 4 is 5.97 Å². The normalized spacial score (nSPS) is 33.2. The summed E-state index contributed by atoms with van der Waals surface area (Å²) in [7, 11) is 1.62. The standard InChI is InChI=1S/C18H24O2.C2H4O2/c1-3-7-17(10-6-15(19)16(12-17)20-2)13-18-8-4-14(11-18)5-9-18;1-2(3)4/h3-4,6,8,12,14,19H,1,5,7,9-11,13H2,2H3;1H3,(H,3,4). The van der Waals surface area contributed by atoms with E-state index in [1.54, 1.807) is 7.11 Å². The SMILES string of the molecule is C=CCC1(CC23C=CC(CC2)C3)C=C(OC)C(O)=CC1.CC(=O)O. The van der Waals surface area contributed by atoms with Crippen molar-refractivity contribution in [1.82, 2.24) is 0 Å². The molecule has 3 rings (SSSR count). The molecule has 0 aromatic carbocycles. The van der Waals surface area contributed by atoms with E-state index in [9.17, 15) is 5.11 Å². The molecule has 0 amide bonds. The summed E-state index contributed by atoms with van der Waals surface area (Å²) in [5, 5.41) is 17.3. The van der Waals surface area contributed by atoms with Crippen molar-refractivity contribution in [3.63, 3.8) is 0 Å². The number of carbonyl (C=O) groups is 1. The van der Waals surface area contributed by atoms with Crippen LogP contribution in [0.5, 0.6) is 0 Å². The number of carboxylic acid groups (broad SMARTS) is 1. The fourth-order valence-corrected chi connectivity index (χ4v) is 4.38. The Balaban J connectivity index is 0.000000471. The maximum atomic E-state index is 9.89. The van der Waals surface area contributed by atoms with Crippen LogP contribution in [0.2, 0.25) is 0 Å². The molecule has 2 bridgehead atoms. The molecule has 0 aromatic rings. The fraction of sp³-hybridized carbons (Fsp3) is 0.550. The molecular formula is C20H28O4. The minimum Gasteiger partial charge on any atom is -0.504 e. The molecule has 132 valence electrons. The largest absolute Gasteiger partial charge is 0.504 e. The molecule has 3 aliphatic carbocycles. The van der Waals surface area contributed by atoms with E-state index in [-0.39, 0.29) is 11.2 Å². The maximum absolute atomic E-state index is 9.89. The molecule has 0 saturated heterocycles. The summed E-state index contributed by atoms with van der Waals surface area (Å²) in [5.41, 5.74) is 0.409. The van der Waals surface area contributed by atoms with Gasteiger partial charge in [0.05, 0.1) is 7.11 Å². The average molecular weight is 332 g/mol. The Labute approximate surface area is 144 Å². The van der Waals surface area contributed by atoms with E-state index in [0.717, 1.165) is 32.1 Å². The lowest BCUT2D eigenvalue weighted by molar-refractivity contribution is -0.134. The lowest BCUT2D eigenvalue weighted by Crippen LogP contribution is -2.29.